The average Bonchev–Trinajstić information content (AvgIpc) is 2.30. The van der Waals surface area contributed by atoms with Crippen molar-refractivity contribution in [3.8, 4) is 0 Å². The highest BCUT2D eigenvalue weighted by molar-refractivity contribution is 4.86. The Balaban J connectivity index is 2.34. The van der Waals surface area contributed by atoms with Crippen LogP contribution in [0.15, 0.2) is 0 Å². The van der Waals surface area contributed by atoms with E-state index in [1.807, 2.05) is 7.05 Å². The summed E-state index contributed by atoms with van der Waals surface area (Å²) in [6.45, 7) is 7.91. The molecule has 0 amide bonds. The smallest absolute Gasteiger partial charge is 0.0623 e. The minimum absolute atomic E-state index is 0.140. The monoisotopic (exact) mass is 214 g/mol. The molecule has 1 fully saturated rings. The maximum atomic E-state index is 9.32. The first-order chi connectivity index (χ1) is 7.13. The summed E-state index contributed by atoms with van der Waals surface area (Å²) < 4.78 is 0. The van der Waals surface area contributed by atoms with Crippen molar-refractivity contribution in [1.29, 1.82) is 0 Å². The van der Waals surface area contributed by atoms with Crippen LogP contribution in [0.5, 0.6) is 0 Å². The molecule has 1 atom stereocenters. The minimum atomic E-state index is -0.140. The summed E-state index contributed by atoms with van der Waals surface area (Å²) in [4.78, 5) is 2.47. The molecule has 1 heterocycles. The Morgan fingerprint density at radius 1 is 1.40 bits per heavy atom. The first kappa shape index (κ1) is 12.9. The number of piperidine rings is 1. The molecule has 0 aromatic heterocycles. The van der Waals surface area contributed by atoms with Crippen LogP contribution in [0, 0.1) is 5.92 Å². The van der Waals surface area contributed by atoms with Gasteiger partial charge in [0, 0.05) is 6.54 Å². The second-order valence-electron chi connectivity index (χ2n) is 5.10. The number of likely N-dealkylation sites (N-methyl/N-ethyl adjacent to an activating group) is 1. The van der Waals surface area contributed by atoms with Crippen LogP contribution in [0.3, 0.4) is 0 Å². The summed E-state index contributed by atoms with van der Waals surface area (Å²) >= 11 is 0. The van der Waals surface area contributed by atoms with Crippen LogP contribution in [-0.4, -0.2) is 48.8 Å². The highest BCUT2D eigenvalue weighted by Crippen LogP contribution is 2.21. The van der Waals surface area contributed by atoms with E-state index >= 15 is 0 Å². The van der Waals surface area contributed by atoms with Crippen molar-refractivity contribution >= 4 is 0 Å². The van der Waals surface area contributed by atoms with Crippen LogP contribution in [0.4, 0.5) is 0 Å². The second kappa shape index (κ2) is 5.83. The van der Waals surface area contributed by atoms with Gasteiger partial charge in [-0.25, -0.2) is 0 Å². The topological polar surface area (TPSA) is 35.5 Å². The van der Waals surface area contributed by atoms with E-state index in [4.69, 9.17) is 0 Å². The maximum Gasteiger partial charge on any atom is 0.0623 e. The summed E-state index contributed by atoms with van der Waals surface area (Å²) in [5.41, 5.74) is -0.140. The minimum Gasteiger partial charge on any atom is -0.394 e. The van der Waals surface area contributed by atoms with Gasteiger partial charge >= 0.3 is 0 Å². The van der Waals surface area contributed by atoms with Gasteiger partial charge in [0.25, 0.3) is 0 Å². The van der Waals surface area contributed by atoms with Crippen molar-refractivity contribution in [2.75, 3.05) is 33.3 Å². The van der Waals surface area contributed by atoms with Crippen LogP contribution < -0.4 is 5.32 Å². The fourth-order valence-electron chi connectivity index (χ4n) is 2.25. The molecule has 90 valence electrons. The van der Waals surface area contributed by atoms with E-state index < -0.39 is 0 Å². The predicted octanol–water partition coefficient (Wildman–Crippen LogP) is 1.08. The Hall–Kier alpha value is -0.120. The van der Waals surface area contributed by atoms with Gasteiger partial charge in [0.1, 0.15) is 0 Å². The Bertz CT molecular complexity index is 172. The van der Waals surface area contributed by atoms with Gasteiger partial charge in [-0.15, -0.1) is 0 Å². The van der Waals surface area contributed by atoms with Crippen LogP contribution >= 0.6 is 0 Å². The molecule has 1 rings (SSSR count). The molecular weight excluding hydrogens is 188 g/mol. The fourth-order valence-corrected chi connectivity index (χ4v) is 2.25. The first-order valence-electron chi connectivity index (χ1n) is 6.15. The first-order valence-corrected chi connectivity index (χ1v) is 6.15. The number of nitrogens with zero attached hydrogens (tertiary/aromatic N) is 1. The van der Waals surface area contributed by atoms with Gasteiger partial charge in [0.2, 0.25) is 0 Å². The van der Waals surface area contributed by atoms with Crippen molar-refractivity contribution in [2.45, 2.75) is 38.6 Å². The highest BCUT2D eigenvalue weighted by Gasteiger charge is 2.26. The molecule has 1 aliphatic rings. The molecule has 1 aliphatic heterocycles. The number of hydrogen-bond acceptors (Lipinski definition) is 3. The number of nitrogens with one attached hydrogen (secondary N) is 1. The number of aliphatic hydroxyl groups is 1. The van der Waals surface area contributed by atoms with E-state index in [9.17, 15) is 5.11 Å². The summed E-state index contributed by atoms with van der Waals surface area (Å²) in [5.74, 6) is 0.927. The molecule has 0 bridgehead atoms. The van der Waals surface area contributed by atoms with Crippen molar-refractivity contribution < 1.29 is 5.11 Å². The number of likely N-dealkylation sites (tertiary alicyclic amines) is 1. The molecule has 15 heavy (non-hydrogen) atoms. The molecule has 0 aromatic rings. The second-order valence-corrected chi connectivity index (χ2v) is 5.10. The summed E-state index contributed by atoms with van der Waals surface area (Å²) in [6.07, 6.45) is 3.96. The third-order valence-corrected chi connectivity index (χ3v) is 3.81. The molecule has 3 nitrogen and oxygen atoms in total. The molecule has 1 unspecified atom stereocenters. The van der Waals surface area contributed by atoms with E-state index in [-0.39, 0.29) is 12.1 Å². The van der Waals surface area contributed by atoms with Crippen LogP contribution in [0.1, 0.15) is 33.1 Å². The zero-order valence-corrected chi connectivity index (χ0v) is 10.4. The van der Waals surface area contributed by atoms with Gasteiger partial charge in [-0.05, 0) is 45.8 Å². The standard InChI is InChI=1S/C12H26N2O/c1-4-11-5-7-14(8-6-11)9-12(2,10-15)13-3/h11,13,15H,4-10H2,1-3H3. The zero-order valence-electron chi connectivity index (χ0n) is 10.4. The quantitative estimate of drug-likeness (QED) is 0.719. The predicted molar refractivity (Wildman–Crippen MR) is 64.0 cm³/mol. The molecule has 0 radical (unpaired) electrons. The Labute approximate surface area is 93.9 Å². The van der Waals surface area contributed by atoms with E-state index in [2.05, 4.69) is 24.1 Å². The van der Waals surface area contributed by atoms with Gasteiger partial charge in [0.15, 0.2) is 0 Å². The lowest BCUT2D eigenvalue weighted by molar-refractivity contribution is 0.100. The molecule has 0 aliphatic carbocycles. The van der Waals surface area contributed by atoms with E-state index in [0.717, 1.165) is 12.5 Å². The van der Waals surface area contributed by atoms with Crippen molar-refractivity contribution in [2.24, 2.45) is 5.92 Å². The number of aliphatic hydroxyl groups excluding tert-OH is 1. The molecule has 0 saturated carbocycles. The maximum absolute atomic E-state index is 9.32. The van der Waals surface area contributed by atoms with E-state index in [0.29, 0.717) is 0 Å². The molecule has 3 heteroatoms. The Morgan fingerprint density at radius 2 is 2.00 bits per heavy atom. The lowest BCUT2D eigenvalue weighted by atomic mass is 9.93. The lowest BCUT2D eigenvalue weighted by Gasteiger charge is -2.38. The molecule has 1 saturated heterocycles. The van der Waals surface area contributed by atoms with E-state index in [1.54, 1.807) is 0 Å². The average molecular weight is 214 g/mol. The summed E-state index contributed by atoms with van der Waals surface area (Å²) in [7, 11) is 1.93. The van der Waals surface area contributed by atoms with Gasteiger partial charge in [0.05, 0.1) is 12.1 Å². The number of rotatable bonds is 5. The highest BCUT2D eigenvalue weighted by atomic mass is 16.3. The number of hydrogen-bond donors (Lipinski definition) is 2. The van der Waals surface area contributed by atoms with Gasteiger partial charge in [-0.2, -0.15) is 0 Å². The van der Waals surface area contributed by atoms with Crippen molar-refractivity contribution in [3.63, 3.8) is 0 Å². The molecule has 2 N–H and O–H groups in total. The van der Waals surface area contributed by atoms with Crippen LogP contribution in [-0.2, 0) is 0 Å². The van der Waals surface area contributed by atoms with Gasteiger partial charge < -0.3 is 15.3 Å². The normalized spacial score (nSPS) is 24.0. The Morgan fingerprint density at radius 3 is 2.40 bits per heavy atom. The third-order valence-electron chi connectivity index (χ3n) is 3.81. The van der Waals surface area contributed by atoms with Gasteiger partial charge in [-0.1, -0.05) is 13.3 Å². The molecule has 0 spiro atoms. The fraction of sp³-hybridized carbons (Fsp3) is 1.00. The SMILES string of the molecule is CCC1CCN(CC(C)(CO)NC)CC1. The summed E-state index contributed by atoms with van der Waals surface area (Å²) in [5, 5.41) is 12.5. The van der Waals surface area contributed by atoms with Crippen molar-refractivity contribution in [1.82, 2.24) is 10.2 Å². The van der Waals surface area contributed by atoms with Crippen LogP contribution in [0.25, 0.3) is 0 Å². The van der Waals surface area contributed by atoms with E-state index in [1.165, 1.54) is 32.4 Å². The van der Waals surface area contributed by atoms with Crippen LogP contribution in [0.2, 0.25) is 0 Å². The third kappa shape index (κ3) is 3.74. The van der Waals surface area contributed by atoms with Gasteiger partial charge in [-0.3, -0.25) is 0 Å². The molecular formula is C12H26N2O. The summed E-state index contributed by atoms with van der Waals surface area (Å²) in [6, 6.07) is 0. The lowest BCUT2D eigenvalue weighted by Crippen LogP contribution is -2.53. The largest absolute Gasteiger partial charge is 0.394 e. The zero-order chi connectivity index (χ0) is 11.3. The Kier molecular flexibility index (Phi) is 5.03. The molecule has 0 aromatic carbocycles. The van der Waals surface area contributed by atoms with Crippen molar-refractivity contribution in [3.05, 3.63) is 0 Å².